The van der Waals surface area contributed by atoms with Crippen LogP contribution in [0.2, 0.25) is 0 Å². The number of benzene rings is 1. The zero-order valence-electron chi connectivity index (χ0n) is 16.0. The van der Waals surface area contributed by atoms with Gasteiger partial charge in [-0.15, -0.1) is 16.6 Å². The molecule has 8 heteroatoms. The zero-order chi connectivity index (χ0) is 20.4. The smallest absolute Gasteiger partial charge is 0.233 e. The third kappa shape index (κ3) is 3.50. The largest absolute Gasteiger partial charge is 0.481 e. The number of carbonyl (C=O) groups excluding carboxylic acids is 1. The van der Waals surface area contributed by atoms with Gasteiger partial charge in [-0.3, -0.25) is 4.79 Å². The Bertz CT molecular complexity index is 1100. The fourth-order valence-electron chi connectivity index (χ4n) is 3.48. The summed E-state index contributed by atoms with van der Waals surface area (Å²) < 4.78 is 12.2. The van der Waals surface area contributed by atoms with Gasteiger partial charge in [-0.2, -0.15) is 9.78 Å². The molecule has 3 aromatic rings. The number of nitrogens with one attached hydrogen (secondary N) is 1. The number of nitrogens with zero attached hydrogens (tertiary/aromatic N) is 4. The van der Waals surface area contributed by atoms with Crippen LogP contribution in [0.4, 0.5) is 5.82 Å². The molecule has 0 unspecified atom stereocenters. The van der Waals surface area contributed by atoms with Crippen LogP contribution in [-0.2, 0) is 4.79 Å². The molecule has 0 radical (unpaired) electrons. The second-order valence-electron chi connectivity index (χ2n) is 6.56. The van der Waals surface area contributed by atoms with Crippen molar-refractivity contribution in [2.45, 2.75) is 19.3 Å². The SMILES string of the molecule is C#CCOc1cccc([C@@H]2CC(=O)Nc3c2c(C)nn3-c2ccc(OC)nn2)c1. The van der Waals surface area contributed by atoms with Crippen LogP contribution in [-0.4, -0.2) is 39.6 Å². The molecule has 3 heterocycles. The Morgan fingerprint density at radius 2 is 2.17 bits per heavy atom. The van der Waals surface area contributed by atoms with Crippen LogP contribution < -0.4 is 14.8 Å². The molecule has 29 heavy (non-hydrogen) atoms. The minimum atomic E-state index is -0.159. The number of aryl methyl sites for hydroxylation is 1. The predicted octanol–water partition coefficient (Wildman–Crippen LogP) is 2.47. The lowest BCUT2D eigenvalue weighted by molar-refractivity contribution is -0.116. The lowest BCUT2D eigenvalue weighted by Crippen LogP contribution is -2.25. The summed E-state index contributed by atoms with van der Waals surface area (Å²) in [7, 11) is 1.52. The van der Waals surface area contributed by atoms with Crippen molar-refractivity contribution in [3.63, 3.8) is 0 Å². The molecule has 1 N–H and O–H groups in total. The highest BCUT2D eigenvalue weighted by Crippen LogP contribution is 2.40. The minimum Gasteiger partial charge on any atom is -0.481 e. The quantitative estimate of drug-likeness (QED) is 0.674. The van der Waals surface area contributed by atoms with Crippen LogP contribution in [0.25, 0.3) is 5.82 Å². The molecule has 1 atom stereocenters. The molecule has 0 saturated carbocycles. The van der Waals surface area contributed by atoms with E-state index >= 15 is 0 Å². The van der Waals surface area contributed by atoms with Crippen molar-refractivity contribution < 1.29 is 14.3 Å². The number of hydrogen-bond donors (Lipinski definition) is 1. The molecule has 0 bridgehead atoms. The topological polar surface area (TPSA) is 91.2 Å². The molecule has 0 aliphatic carbocycles. The third-order valence-corrected chi connectivity index (χ3v) is 4.74. The van der Waals surface area contributed by atoms with Crippen LogP contribution >= 0.6 is 0 Å². The molecule has 4 rings (SSSR count). The summed E-state index contributed by atoms with van der Waals surface area (Å²) in [5, 5.41) is 15.7. The standard InChI is InChI=1S/C21H19N5O3/c1-4-10-29-15-7-5-6-14(11-15)16-12-18(27)22-21-20(16)13(2)25-26(21)17-8-9-19(28-3)24-23-17/h1,5-9,11,16H,10,12H2,2-3H3,(H,22,27)/t16-/m0/s1. The Morgan fingerprint density at radius 3 is 2.90 bits per heavy atom. The molecule has 1 aliphatic rings. The maximum atomic E-state index is 12.5. The van der Waals surface area contributed by atoms with Gasteiger partial charge in [0.05, 0.1) is 12.8 Å². The fraction of sp³-hybridized carbons (Fsp3) is 0.238. The van der Waals surface area contributed by atoms with E-state index in [4.69, 9.17) is 15.9 Å². The van der Waals surface area contributed by atoms with Crippen LogP contribution in [0.1, 0.15) is 29.2 Å². The van der Waals surface area contributed by atoms with Gasteiger partial charge in [-0.05, 0) is 30.7 Å². The van der Waals surface area contributed by atoms with Gasteiger partial charge >= 0.3 is 0 Å². The van der Waals surface area contributed by atoms with Crippen LogP contribution in [0.3, 0.4) is 0 Å². The van der Waals surface area contributed by atoms with Gasteiger partial charge in [0.25, 0.3) is 0 Å². The summed E-state index contributed by atoms with van der Waals surface area (Å²) in [6, 6.07) is 11.0. The number of aromatic nitrogens is 4. The average molecular weight is 389 g/mol. The summed E-state index contributed by atoms with van der Waals surface area (Å²) in [5.74, 6) is 4.35. The molecule has 0 fully saturated rings. The Balaban J connectivity index is 1.77. The molecule has 1 aromatic carbocycles. The van der Waals surface area contributed by atoms with E-state index in [0.717, 1.165) is 16.8 Å². The van der Waals surface area contributed by atoms with E-state index in [0.29, 0.717) is 29.7 Å². The number of hydrogen-bond acceptors (Lipinski definition) is 6. The second-order valence-corrected chi connectivity index (χ2v) is 6.56. The maximum absolute atomic E-state index is 12.5. The molecule has 1 amide bonds. The van der Waals surface area contributed by atoms with Crippen LogP contribution in [0.15, 0.2) is 36.4 Å². The van der Waals surface area contributed by atoms with Crippen molar-refractivity contribution in [1.29, 1.82) is 0 Å². The van der Waals surface area contributed by atoms with Gasteiger partial charge < -0.3 is 14.8 Å². The number of carbonyl (C=O) groups is 1. The van der Waals surface area contributed by atoms with Gasteiger partial charge in [-0.1, -0.05) is 18.1 Å². The normalized spacial score (nSPS) is 15.2. The summed E-state index contributed by atoms with van der Waals surface area (Å²) in [4.78, 5) is 12.5. The van der Waals surface area contributed by atoms with E-state index in [9.17, 15) is 4.79 Å². The Hall–Kier alpha value is -3.86. The van der Waals surface area contributed by atoms with Crippen LogP contribution in [0, 0.1) is 19.3 Å². The highest BCUT2D eigenvalue weighted by atomic mass is 16.5. The molecule has 8 nitrogen and oxygen atoms in total. The molecule has 0 saturated heterocycles. The molecule has 0 spiro atoms. The molecular weight excluding hydrogens is 370 g/mol. The number of methoxy groups -OCH3 is 1. The monoisotopic (exact) mass is 389 g/mol. The molecular formula is C21H19N5O3. The lowest BCUT2D eigenvalue weighted by atomic mass is 9.86. The summed E-state index contributed by atoms with van der Waals surface area (Å²) in [6.45, 7) is 2.10. The number of rotatable bonds is 5. The van der Waals surface area contributed by atoms with Crippen molar-refractivity contribution in [1.82, 2.24) is 20.0 Å². The fourth-order valence-corrected chi connectivity index (χ4v) is 3.48. The number of amides is 1. The van der Waals surface area contributed by atoms with Crippen molar-refractivity contribution in [3.05, 3.63) is 53.2 Å². The van der Waals surface area contributed by atoms with E-state index in [-0.39, 0.29) is 18.4 Å². The highest BCUT2D eigenvalue weighted by molar-refractivity contribution is 5.95. The highest BCUT2D eigenvalue weighted by Gasteiger charge is 2.33. The summed E-state index contributed by atoms with van der Waals surface area (Å²) in [6.07, 6.45) is 5.59. The third-order valence-electron chi connectivity index (χ3n) is 4.74. The Kier molecular flexibility index (Phi) is 4.87. The first-order valence-electron chi connectivity index (χ1n) is 9.04. The Morgan fingerprint density at radius 1 is 1.31 bits per heavy atom. The van der Waals surface area contributed by atoms with Gasteiger partial charge in [0.2, 0.25) is 11.8 Å². The van der Waals surface area contributed by atoms with Crippen molar-refractivity contribution in [2.24, 2.45) is 0 Å². The number of anilines is 1. The first-order chi connectivity index (χ1) is 14.1. The minimum absolute atomic E-state index is 0.0972. The average Bonchev–Trinajstić information content (AvgIpc) is 3.08. The molecule has 146 valence electrons. The van der Waals surface area contributed by atoms with Gasteiger partial charge in [0.15, 0.2) is 5.82 Å². The summed E-state index contributed by atoms with van der Waals surface area (Å²) in [5.41, 5.74) is 2.70. The number of terminal acetylenes is 1. The van der Waals surface area contributed by atoms with E-state index < -0.39 is 0 Å². The number of ether oxygens (including phenoxy) is 2. The molecule has 1 aliphatic heterocycles. The lowest BCUT2D eigenvalue weighted by Gasteiger charge is -2.24. The van der Waals surface area contributed by atoms with Gasteiger partial charge in [-0.25, -0.2) is 0 Å². The molecule has 2 aromatic heterocycles. The van der Waals surface area contributed by atoms with Crippen molar-refractivity contribution in [2.75, 3.05) is 19.0 Å². The van der Waals surface area contributed by atoms with Crippen molar-refractivity contribution >= 4 is 11.7 Å². The Labute approximate surface area is 167 Å². The number of fused-ring (bicyclic) bond motifs is 1. The zero-order valence-corrected chi connectivity index (χ0v) is 16.0. The van der Waals surface area contributed by atoms with E-state index in [1.807, 2.05) is 31.2 Å². The van der Waals surface area contributed by atoms with E-state index in [2.05, 4.69) is 26.5 Å². The van der Waals surface area contributed by atoms with Gasteiger partial charge in [0.1, 0.15) is 18.2 Å². The van der Waals surface area contributed by atoms with Gasteiger partial charge in [0, 0.05) is 24.0 Å². The van der Waals surface area contributed by atoms with Crippen molar-refractivity contribution in [3.8, 4) is 29.8 Å². The predicted molar refractivity (Wildman–Crippen MR) is 106 cm³/mol. The first kappa shape index (κ1) is 18.5. The summed E-state index contributed by atoms with van der Waals surface area (Å²) >= 11 is 0. The van der Waals surface area contributed by atoms with Crippen LogP contribution in [0.5, 0.6) is 11.6 Å². The van der Waals surface area contributed by atoms with E-state index in [1.165, 1.54) is 7.11 Å². The second kappa shape index (κ2) is 7.64. The maximum Gasteiger partial charge on any atom is 0.233 e. The van der Waals surface area contributed by atoms with E-state index in [1.54, 1.807) is 16.8 Å². The first-order valence-corrected chi connectivity index (χ1v) is 9.04.